The van der Waals surface area contributed by atoms with Crippen molar-refractivity contribution in [1.82, 2.24) is 4.90 Å². The molecule has 13 heteroatoms. The molecule has 0 aromatic carbocycles. The van der Waals surface area contributed by atoms with Crippen molar-refractivity contribution in [3.05, 3.63) is 0 Å². The quantitative estimate of drug-likeness (QED) is 0.235. The molecular formula is C7H10N2O10Ru. The number of carbonyl (C=O) groups is 5. The third-order valence-electron chi connectivity index (χ3n) is 1.31. The Balaban J connectivity index is -0.000000414. The van der Waals surface area contributed by atoms with Crippen LogP contribution >= 0.6 is 0 Å². The number of amides is 2. The summed E-state index contributed by atoms with van der Waals surface area (Å²) in [6.07, 6.45) is -4.35. The van der Waals surface area contributed by atoms with Crippen molar-refractivity contribution in [2.24, 2.45) is 5.73 Å². The van der Waals surface area contributed by atoms with Crippen LogP contribution in [-0.4, -0.2) is 73.1 Å². The molecule has 20 heavy (non-hydrogen) atoms. The van der Waals surface area contributed by atoms with E-state index in [1.54, 1.807) is 0 Å². The summed E-state index contributed by atoms with van der Waals surface area (Å²) in [5.41, 5.74) is 4.57. The molecule has 0 aliphatic heterocycles. The first-order valence-electron chi connectivity index (χ1n) is 4.18. The summed E-state index contributed by atoms with van der Waals surface area (Å²) in [5.74, 6) is -5.13. The maximum atomic E-state index is 10.2. The Morgan fingerprint density at radius 3 is 1.15 bits per heavy atom. The molecule has 0 aromatic rings. The summed E-state index contributed by atoms with van der Waals surface area (Å²) in [4.78, 5) is 49.4. The number of rotatable bonds is 4. The summed E-state index contributed by atoms with van der Waals surface area (Å²) in [5, 5.41) is 40.6. The third-order valence-corrected chi connectivity index (χ3v) is 1.31. The molecule has 0 aromatic heterocycles. The number of aliphatic carboxylic acids is 3. The van der Waals surface area contributed by atoms with Crippen molar-refractivity contribution in [3.8, 4) is 0 Å². The molecule has 0 bridgehead atoms. The number of carboxylic acid groups (broad SMARTS) is 5. The fourth-order valence-electron chi connectivity index (χ4n) is 0.629. The van der Waals surface area contributed by atoms with E-state index in [4.69, 9.17) is 25.5 Å². The van der Waals surface area contributed by atoms with Gasteiger partial charge in [-0.1, -0.05) is 0 Å². The summed E-state index contributed by atoms with van der Waals surface area (Å²) >= 11 is 0. The molecule has 116 valence electrons. The number of hydrogen-bond donors (Lipinski definition) is 6. The molecule has 0 spiro atoms. The number of nitrogens with zero attached hydrogens (tertiary/aromatic N) is 1. The molecule has 2 amide bonds. The van der Waals surface area contributed by atoms with Crippen molar-refractivity contribution in [1.29, 1.82) is 0 Å². The van der Waals surface area contributed by atoms with E-state index in [1.165, 1.54) is 0 Å². The number of carboxylic acids is 3. The van der Waals surface area contributed by atoms with Gasteiger partial charge in [-0.2, -0.15) is 4.90 Å². The summed E-state index contributed by atoms with van der Waals surface area (Å²) < 4.78 is 0. The second-order valence-corrected chi connectivity index (χ2v) is 2.61. The van der Waals surface area contributed by atoms with Gasteiger partial charge in [0.05, 0.1) is 6.54 Å². The van der Waals surface area contributed by atoms with Gasteiger partial charge in [0.25, 0.3) is 0 Å². The van der Waals surface area contributed by atoms with Gasteiger partial charge in [0, 0.05) is 19.5 Å². The van der Waals surface area contributed by atoms with Crippen molar-refractivity contribution in [2.75, 3.05) is 6.54 Å². The molecule has 0 atom stereocenters. The standard InChI is InChI=1S/C5H5NO8.C2H5NO2.Ru/c7-2(8)1(3(9)10)6(4(11)12)5(13)14;3-1-2(4)5;/h1H,(H,7,8)(H,9,10)(H,11,12)(H,13,14);1,3H2,(H,4,5);. The van der Waals surface area contributed by atoms with Crippen molar-refractivity contribution >= 4 is 30.1 Å². The first-order chi connectivity index (χ1) is 8.56. The van der Waals surface area contributed by atoms with Crippen LogP contribution in [0, 0.1) is 0 Å². The van der Waals surface area contributed by atoms with Gasteiger partial charge in [0.1, 0.15) is 0 Å². The monoisotopic (exact) mass is 384 g/mol. The maximum absolute atomic E-state index is 10.2. The molecule has 7 N–H and O–H groups in total. The van der Waals surface area contributed by atoms with Crippen LogP contribution in [0.25, 0.3) is 0 Å². The average Bonchev–Trinajstić information content (AvgIpc) is 2.24. The van der Waals surface area contributed by atoms with Gasteiger partial charge >= 0.3 is 30.1 Å². The van der Waals surface area contributed by atoms with Gasteiger partial charge in [-0.15, -0.1) is 0 Å². The van der Waals surface area contributed by atoms with Gasteiger partial charge in [-0.05, 0) is 0 Å². The van der Waals surface area contributed by atoms with Crippen LogP contribution in [0.3, 0.4) is 0 Å². The van der Waals surface area contributed by atoms with Crippen molar-refractivity contribution < 1.29 is 69.0 Å². The van der Waals surface area contributed by atoms with Crippen LogP contribution in [0.1, 0.15) is 0 Å². The Labute approximate surface area is 123 Å². The van der Waals surface area contributed by atoms with Crippen LogP contribution in [0.2, 0.25) is 0 Å². The van der Waals surface area contributed by atoms with Gasteiger partial charge in [0.15, 0.2) is 0 Å². The zero-order valence-electron chi connectivity index (χ0n) is 9.44. The zero-order valence-corrected chi connectivity index (χ0v) is 11.2. The Bertz CT molecular complexity index is 339. The van der Waals surface area contributed by atoms with Gasteiger partial charge in [-0.3, -0.25) is 4.79 Å². The first kappa shape index (κ1) is 22.9. The topological polar surface area (TPSA) is 216 Å². The largest absolute Gasteiger partial charge is 0.480 e. The molecular weight excluding hydrogens is 373 g/mol. The minimum Gasteiger partial charge on any atom is -0.480 e. The SMILES string of the molecule is NCC(=O)O.O=C(O)C(C(=O)O)N(C(=O)O)C(=O)O.[Ru]. The minimum absolute atomic E-state index is 0. The fourth-order valence-corrected chi connectivity index (χ4v) is 0.629. The predicted molar refractivity (Wildman–Crippen MR) is 53.6 cm³/mol. The molecule has 0 fully saturated rings. The number of hydrogen-bond acceptors (Lipinski definition) is 6. The molecule has 0 aliphatic rings. The van der Waals surface area contributed by atoms with Crippen LogP contribution in [0.5, 0.6) is 0 Å². The van der Waals surface area contributed by atoms with Gasteiger partial charge in [-0.25, -0.2) is 19.2 Å². The Morgan fingerprint density at radius 2 is 1.10 bits per heavy atom. The Kier molecular flexibility index (Phi) is 12.2. The Hall–Kier alpha value is -2.27. The van der Waals surface area contributed by atoms with Crippen LogP contribution in [0.15, 0.2) is 0 Å². The van der Waals surface area contributed by atoms with E-state index in [2.05, 4.69) is 5.73 Å². The van der Waals surface area contributed by atoms with Crippen molar-refractivity contribution in [2.45, 2.75) is 6.04 Å². The number of imide groups is 1. The van der Waals surface area contributed by atoms with Crippen molar-refractivity contribution in [3.63, 3.8) is 0 Å². The predicted octanol–water partition coefficient (Wildman–Crippen LogP) is -1.79. The smallest absolute Gasteiger partial charge is 0.418 e. The number of nitrogens with two attached hydrogens (primary N) is 1. The summed E-state index contributed by atoms with van der Waals surface area (Å²) in [6.45, 7) is -0.278. The van der Waals surface area contributed by atoms with Gasteiger partial charge < -0.3 is 31.3 Å². The summed E-state index contributed by atoms with van der Waals surface area (Å²) in [6, 6.07) is -2.66. The summed E-state index contributed by atoms with van der Waals surface area (Å²) in [7, 11) is 0. The molecule has 0 unspecified atom stereocenters. The third kappa shape index (κ3) is 8.77. The minimum atomic E-state index is -2.66. The Morgan fingerprint density at radius 1 is 0.850 bits per heavy atom. The van der Waals surface area contributed by atoms with Crippen LogP contribution < -0.4 is 5.73 Å². The average molecular weight is 383 g/mol. The van der Waals surface area contributed by atoms with E-state index < -0.39 is 41.0 Å². The molecule has 0 aliphatic carbocycles. The second-order valence-electron chi connectivity index (χ2n) is 2.61. The first-order valence-corrected chi connectivity index (χ1v) is 4.18. The van der Waals surface area contributed by atoms with Gasteiger partial charge in [0.2, 0.25) is 6.04 Å². The zero-order chi connectivity index (χ0) is 15.7. The van der Waals surface area contributed by atoms with E-state index >= 15 is 0 Å². The van der Waals surface area contributed by atoms with E-state index in [9.17, 15) is 24.0 Å². The van der Waals surface area contributed by atoms with E-state index in [-0.39, 0.29) is 26.0 Å². The van der Waals surface area contributed by atoms with E-state index in [0.717, 1.165) is 0 Å². The molecule has 0 radical (unpaired) electrons. The molecule has 0 saturated carbocycles. The van der Waals surface area contributed by atoms with E-state index in [1.807, 2.05) is 0 Å². The molecule has 0 heterocycles. The fraction of sp³-hybridized carbons (Fsp3) is 0.286. The van der Waals surface area contributed by atoms with Crippen LogP contribution in [0.4, 0.5) is 9.59 Å². The molecule has 0 rings (SSSR count). The second kappa shape index (κ2) is 10.6. The molecule has 12 nitrogen and oxygen atoms in total. The van der Waals surface area contributed by atoms with Crippen LogP contribution in [-0.2, 0) is 33.9 Å². The normalized spacial score (nSPS) is 8.50. The molecule has 0 saturated heterocycles. The maximum Gasteiger partial charge on any atom is 0.418 e. The van der Waals surface area contributed by atoms with E-state index in [0.29, 0.717) is 0 Å².